The lowest BCUT2D eigenvalue weighted by Crippen LogP contribution is -2.63. The van der Waals surface area contributed by atoms with Gasteiger partial charge in [-0.3, -0.25) is 4.55 Å². The number of aliphatic hydroxyl groups excluding tert-OH is 5. The molecule has 0 aromatic rings. The van der Waals surface area contributed by atoms with Gasteiger partial charge in [0, 0.05) is 0 Å². The van der Waals surface area contributed by atoms with E-state index in [9.17, 15) is 34.0 Å². The van der Waals surface area contributed by atoms with Gasteiger partial charge in [-0.25, -0.2) is 4.18 Å². The van der Waals surface area contributed by atoms with Gasteiger partial charge in [-0.2, -0.15) is 8.42 Å². The maximum absolute atomic E-state index is 11.1. The SMILES string of the molecule is O=S(=O)(O)O[C@@H]1[C@H](O[C@H]2O[C@@H]3CO[C@@H]([C@H]3O)[C@H]2O)[C@@H](O)C(O)O[C@@H]1CO. The average molecular weight is 404 g/mol. The van der Waals surface area contributed by atoms with E-state index in [1.165, 1.54) is 0 Å². The van der Waals surface area contributed by atoms with Gasteiger partial charge in [-0.15, -0.1) is 0 Å². The second-order valence-electron chi connectivity index (χ2n) is 6.15. The topological polar surface area (TPSA) is 202 Å². The second kappa shape index (κ2) is 7.50. The van der Waals surface area contributed by atoms with Crippen LogP contribution in [0.4, 0.5) is 0 Å². The summed E-state index contributed by atoms with van der Waals surface area (Å²) in [6, 6.07) is 0. The van der Waals surface area contributed by atoms with E-state index in [1.54, 1.807) is 0 Å². The Hall–Kier alpha value is -0.490. The minimum Gasteiger partial charge on any atom is -0.394 e. The highest BCUT2D eigenvalue weighted by Crippen LogP contribution is 2.33. The Balaban J connectivity index is 1.81. The van der Waals surface area contributed by atoms with Gasteiger partial charge in [-0.1, -0.05) is 0 Å². The number of ether oxygens (including phenoxy) is 4. The first-order chi connectivity index (χ1) is 12.1. The van der Waals surface area contributed by atoms with Crippen LogP contribution >= 0.6 is 0 Å². The molecule has 3 saturated heterocycles. The molecule has 0 aliphatic carbocycles. The van der Waals surface area contributed by atoms with Crippen molar-refractivity contribution >= 4 is 10.4 Å². The van der Waals surface area contributed by atoms with Gasteiger partial charge in [0.05, 0.1) is 13.2 Å². The van der Waals surface area contributed by atoms with Gasteiger partial charge < -0.3 is 44.5 Å². The maximum Gasteiger partial charge on any atom is 0.397 e. The first-order valence-electron chi connectivity index (χ1n) is 7.69. The van der Waals surface area contributed by atoms with Gasteiger partial charge >= 0.3 is 10.4 Å². The summed E-state index contributed by atoms with van der Waals surface area (Å²) < 4.78 is 56.2. The molecule has 3 rings (SSSR count). The fraction of sp³-hybridized carbons (Fsp3) is 1.00. The highest BCUT2D eigenvalue weighted by molar-refractivity contribution is 7.80. The minimum atomic E-state index is -5.04. The molecule has 0 aromatic heterocycles. The first kappa shape index (κ1) is 20.2. The standard InChI is InChI=1S/C12H20O13S/c13-1-3-8(25-26(18,19)20)10(6(15)11(17)22-3)24-12-7(16)9-5(14)4(23-12)2-21-9/h3-17H,1-2H2,(H,18,19,20)/t3-,4-,5+,6-,7-,8+,9+,10-,11?,12-/m1/s1. The summed E-state index contributed by atoms with van der Waals surface area (Å²) in [6.45, 7) is -0.864. The average Bonchev–Trinajstić information content (AvgIpc) is 2.82. The Bertz CT molecular complexity index is 598. The van der Waals surface area contributed by atoms with Gasteiger partial charge in [0.15, 0.2) is 12.6 Å². The zero-order chi connectivity index (χ0) is 19.2. The molecule has 3 aliphatic heterocycles. The predicted octanol–water partition coefficient (Wildman–Crippen LogP) is -4.52. The van der Waals surface area contributed by atoms with Crippen LogP contribution in [-0.2, 0) is 33.5 Å². The largest absolute Gasteiger partial charge is 0.397 e. The van der Waals surface area contributed by atoms with Crippen LogP contribution in [0.1, 0.15) is 0 Å². The van der Waals surface area contributed by atoms with E-state index in [4.69, 9.17) is 23.5 Å². The fourth-order valence-electron chi connectivity index (χ4n) is 3.18. The lowest BCUT2D eigenvalue weighted by molar-refractivity contribution is -0.338. The Kier molecular flexibility index (Phi) is 5.84. The molecule has 26 heavy (non-hydrogen) atoms. The summed E-state index contributed by atoms with van der Waals surface area (Å²) in [5.41, 5.74) is 0. The number of rotatable bonds is 5. The summed E-state index contributed by atoms with van der Waals surface area (Å²) in [5, 5.41) is 49.1. The Morgan fingerprint density at radius 1 is 1.00 bits per heavy atom. The van der Waals surface area contributed by atoms with Crippen LogP contribution in [0.5, 0.6) is 0 Å². The molecule has 0 aromatic carbocycles. The van der Waals surface area contributed by atoms with E-state index in [0.717, 1.165) is 0 Å². The molecule has 1 unspecified atom stereocenters. The third-order valence-corrected chi connectivity index (χ3v) is 4.90. The first-order valence-corrected chi connectivity index (χ1v) is 9.05. The molecule has 3 fully saturated rings. The summed E-state index contributed by atoms with van der Waals surface area (Å²) in [6.07, 6.45) is -14.6. The van der Waals surface area contributed by atoms with E-state index in [1.807, 2.05) is 0 Å². The predicted molar refractivity (Wildman–Crippen MR) is 75.7 cm³/mol. The minimum absolute atomic E-state index is 0.0219. The molecular formula is C12H20O13S. The Morgan fingerprint density at radius 3 is 2.31 bits per heavy atom. The van der Waals surface area contributed by atoms with Crippen molar-refractivity contribution in [2.45, 2.75) is 61.4 Å². The van der Waals surface area contributed by atoms with Crippen molar-refractivity contribution in [3.63, 3.8) is 0 Å². The van der Waals surface area contributed by atoms with Crippen LogP contribution in [0.15, 0.2) is 0 Å². The highest BCUT2D eigenvalue weighted by Gasteiger charge is 2.54. The molecule has 152 valence electrons. The Morgan fingerprint density at radius 2 is 1.69 bits per heavy atom. The third-order valence-electron chi connectivity index (χ3n) is 4.43. The van der Waals surface area contributed by atoms with Crippen LogP contribution in [0.3, 0.4) is 0 Å². The highest BCUT2D eigenvalue weighted by atomic mass is 32.3. The number of hydrogen-bond donors (Lipinski definition) is 6. The van der Waals surface area contributed by atoms with Crippen LogP contribution < -0.4 is 0 Å². The van der Waals surface area contributed by atoms with E-state index in [2.05, 4.69) is 4.18 Å². The van der Waals surface area contributed by atoms with Crippen LogP contribution in [0.25, 0.3) is 0 Å². The van der Waals surface area contributed by atoms with Crippen molar-refractivity contribution < 1.29 is 61.6 Å². The zero-order valence-electron chi connectivity index (χ0n) is 13.1. The molecule has 0 saturated carbocycles. The van der Waals surface area contributed by atoms with E-state index in [-0.39, 0.29) is 6.61 Å². The molecule has 3 aliphatic rings. The van der Waals surface area contributed by atoms with Crippen molar-refractivity contribution in [2.24, 2.45) is 0 Å². The summed E-state index contributed by atoms with van der Waals surface area (Å²) >= 11 is 0. The molecule has 0 radical (unpaired) electrons. The van der Waals surface area contributed by atoms with Gasteiger partial charge in [-0.05, 0) is 0 Å². The lowest BCUT2D eigenvalue weighted by Gasteiger charge is -2.44. The fourth-order valence-corrected chi connectivity index (χ4v) is 3.69. The maximum atomic E-state index is 11.1. The molecule has 6 N–H and O–H groups in total. The molecule has 2 bridgehead atoms. The monoisotopic (exact) mass is 404 g/mol. The Labute approximate surface area is 147 Å². The third kappa shape index (κ3) is 3.87. The van der Waals surface area contributed by atoms with Crippen molar-refractivity contribution in [1.29, 1.82) is 0 Å². The summed E-state index contributed by atoms with van der Waals surface area (Å²) in [5.74, 6) is 0. The van der Waals surface area contributed by atoms with Crippen LogP contribution in [0.2, 0.25) is 0 Å². The molecule has 10 atom stereocenters. The van der Waals surface area contributed by atoms with Gasteiger partial charge in [0.2, 0.25) is 0 Å². The van der Waals surface area contributed by atoms with Crippen molar-refractivity contribution in [2.75, 3.05) is 13.2 Å². The molecular weight excluding hydrogens is 384 g/mol. The van der Waals surface area contributed by atoms with Gasteiger partial charge in [0.25, 0.3) is 0 Å². The lowest BCUT2D eigenvalue weighted by atomic mass is 9.98. The van der Waals surface area contributed by atoms with E-state index < -0.39 is 78.4 Å². The second-order valence-corrected chi connectivity index (χ2v) is 7.20. The molecule has 0 spiro atoms. The number of hydrogen-bond acceptors (Lipinski definition) is 12. The van der Waals surface area contributed by atoms with Crippen molar-refractivity contribution in [3.8, 4) is 0 Å². The van der Waals surface area contributed by atoms with E-state index in [0.29, 0.717) is 0 Å². The van der Waals surface area contributed by atoms with Gasteiger partial charge in [0.1, 0.15) is 48.8 Å². The number of aliphatic hydroxyl groups is 5. The molecule has 14 heteroatoms. The summed E-state index contributed by atoms with van der Waals surface area (Å²) in [4.78, 5) is 0. The van der Waals surface area contributed by atoms with Crippen LogP contribution in [0, 0.1) is 0 Å². The van der Waals surface area contributed by atoms with Crippen molar-refractivity contribution in [1.82, 2.24) is 0 Å². The summed E-state index contributed by atoms with van der Waals surface area (Å²) in [7, 11) is -5.04. The quantitative estimate of drug-likeness (QED) is 0.239. The van der Waals surface area contributed by atoms with E-state index >= 15 is 0 Å². The molecule has 3 heterocycles. The molecule has 0 amide bonds. The smallest absolute Gasteiger partial charge is 0.394 e. The molecule has 13 nitrogen and oxygen atoms in total. The van der Waals surface area contributed by atoms with Crippen LogP contribution in [-0.4, -0.2) is 113 Å². The zero-order valence-corrected chi connectivity index (χ0v) is 14.0. The normalized spacial score (nSPS) is 49.3. The number of fused-ring (bicyclic) bond motifs is 2. The van der Waals surface area contributed by atoms with Crippen molar-refractivity contribution in [3.05, 3.63) is 0 Å².